The number of pyridine rings is 2. The van der Waals surface area contributed by atoms with Crippen LogP contribution in [0.2, 0.25) is 0 Å². The fourth-order valence-electron chi connectivity index (χ4n) is 6.14. The van der Waals surface area contributed by atoms with Crippen molar-refractivity contribution < 1.29 is 9.13 Å². The summed E-state index contributed by atoms with van der Waals surface area (Å²) in [5.41, 5.74) is 10.8. The Morgan fingerprint density at radius 3 is 2.42 bits per heavy atom. The van der Waals surface area contributed by atoms with Crippen LogP contribution in [0.25, 0.3) is 33.6 Å². The van der Waals surface area contributed by atoms with Gasteiger partial charge in [-0.25, -0.2) is 0 Å². The molecule has 0 radical (unpaired) electrons. The van der Waals surface area contributed by atoms with Crippen LogP contribution in [0.4, 0.5) is 0 Å². The SMILES string of the molecule is N#Cc1cccc(-c2cc[n+]3c(c2)-c2ccccc2CC2C(C3)c3ccccc3-c3cccc[n+]32)c1. The molecule has 0 spiro atoms. The first-order valence-corrected chi connectivity index (χ1v) is 12.5. The van der Waals surface area contributed by atoms with Gasteiger partial charge in [0, 0.05) is 36.2 Å². The second kappa shape index (κ2) is 8.29. The van der Waals surface area contributed by atoms with Crippen LogP contribution in [0, 0.1) is 11.3 Å². The summed E-state index contributed by atoms with van der Waals surface area (Å²) in [5.74, 6) is 0.353. The fourth-order valence-corrected chi connectivity index (χ4v) is 6.14. The van der Waals surface area contributed by atoms with Gasteiger partial charge in [0.2, 0.25) is 11.4 Å². The van der Waals surface area contributed by atoms with Crippen LogP contribution < -0.4 is 9.13 Å². The van der Waals surface area contributed by atoms with Crippen molar-refractivity contribution in [3.8, 4) is 39.7 Å². The third-order valence-electron chi connectivity index (χ3n) is 7.82. The van der Waals surface area contributed by atoms with E-state index < -0.39 is 0 Å². The maximum Gasteiger partial charge on any atom is 0.213 e. The van der Waals surface area contributed by atoms with E-state index in [0.717, 1.165) is 24.1 Å². The molecule has 5 aromatic rings. The predicted molar refractivity (Wildman–Crippen MR) is 140 cm³/mol. The Bertz CT molecular complexity index is 1680. The third kappa shape index (κ3) is 3.26. The second-order valence-electron chi connectivity index (χ2n) is 9.76. The molecular formula is C33H25N3+2. The summed E-state index contributed by atoms with van der Waals surface area (Å²) in [5, 5.41) is 9.40. The molecule has 0 aliphatic carbocycles. The van der Waals surface area contributed by atoms with Crippen molar-refractivity contribution in [2.75, 3.05) is 0 Å². The largest absolute Gasteiger partial charge is 0.213 e. The predicted octanol–water partition coefficient (Wildman–Crippen LogP) is 6.03. The van der Waals surface area contributed by atoms with Crippen molar-refractivity contribution in [1.82, 2.24) is 0 Å². The molecule has 4 heterocycles. The van der Waals surface area contributed by atoms with Gasteiger partial charge in [-0.05, 0) is 52.6 Å². The van der Waals surface area contributed by atoms with E-state index in [2.05, 4.69) is 113 Å². The molecule has 2 unspecified atom stereocenters. The monoisotopic (exact) mass is 463 g/mol. The summed E-state index contributed by atoms with van der Waals surface area (Å²) in [4.78, 5) is 0. The minimum atomic E-state index is 0.338. The Balaban J connectivity index is 1.43. The van der Waals surface area contributed by atoms with Crippen molar-refractivity contribution >= 4 is 0 Å². The number of aromatic nitrogens is 2. The summed E-state index contributed by atoms with van der Waals surface area (Å²) in [7, 11) is 0. The highest BCUT2D eigenvalue weighted by Crippen LogP contribution is 2.42. The molecule has 2 aliphatic heterocycles. The number of hydrogen-bond donors (Lipinski definition) is 0. The van der Waals surface area contributed by atoms with E-state index in [1.54, 1.807) is 0 Å². The van der Waals surface area contributed by atoms with Crippen LogP contribution in [-0.2, 0) is 13.0 Å². The van der Waals surface area contributed by atoms with Gasteiger partial charge in [0.15, 0.2) is 25.0 Å². The number of benzene rings is 3. The summed E-state index contributed by atoms with van der Waals surface area (Å²) in [6.45, 7) is 0.908. The molecule has 3 nitrogen and oxygen atoms in total. The molecule has 3 aromatic carbocycles. The van der Waals surface area contributed by atoms with Crippen LogP contribution in [0.1, 0.15) is 28.7 Å². The molecule has 0 amide bonds. The first-order chi connectivity index (χ1) is 17.8. The highest BCUT2D eigenvalue weighted by atomic mass is 15.1. The molecule has 36 heavy (non-hydrogen) atoms. The third-order valence-corrected chi connectivity index (χ3v) is 7.82. The Morgan fingerprint density at radius 1 is 0.694 bits per heavy atom. The Morgan fingerprint density at radius 2 is 1.50 bits per heavy atom. The molecule has 0 N–H and O–H groups in total. The van der Waals surface area contributed by atoms with Crippen molar-refractivity contribution in [1.29, 1.82) is 5.26 Å². The zero-order valence-corrected chi connectivity index (χ0v) is 19.9. The van der Waals surface area contributed by atoms with Crippen molar-refractivity contribution in [3.63, 3.8) is 0 Å². The van der Waals surface area contributed by atoms with Gasteiger partial charge in [-0.1, -0.05) is 48.5 Å². The van der Waals surface area contributed by atoms with Gasteiger partial charge in [0.25, 0.3) is 0 Å². The molecule has 170 valence electrons. The number of rotatable bonds is 1. The van der Waals surface area contributed by atoms with E-state index in [0.29, 0.717) is 17.5 Å². The van der Waals surface area contributed by atoms with Crippen LogP contribution in [0.15, 0.2) is 116 Å². The molecule has 0 saturated heterocycles. The second-order valence-corrected chi connectivity index (χ2v) is 9.76. The molecule has 0 saturated carbocycles. The van der Waals surface area contributed by atoms with E-state index in [4.69, 9.17) is 0 Å². The van der Waals surface area contributed by atoms with Crippen LogP contribution in [0.5, 0.6) is 0 Å². The van der Waals surface area contributed by atoms with E-state index in [1.165, 1.54) is 33.6 Å². The lowest BCUT2D eigenvalue weighted by atomic mass is 9.78. The molecule has 7 rings (SSSR count). The Kier molecular flexibility index (Phi) is 4.79. The molecule has 2 atom stereocenters. The average molecular weight is 464 g/mol. The zero-order chi connectivity index (χ0) is 24.1. The number of hydrogen-bond acceptors (Lipinski definition) is 1. The average Bonchev–Trinajstić information content (AvgIpc) is 2.94. The highest BCUT2D eigenvalue weighted by molar-refractivity contribution is 5.71. The minimum Gasteiger partial charge on any atom is -0.197 e. The topological polar surface area (TPSA) is 31.5 Å². The van der Waals surface area contributed by atoms with Crippen LogP contribution in [0.3, 0.4) is 0 Å². The summed E-state index contributed by atoms with van der Waals surface area (Å²) in [6.07, 6.45) is 5.46. The van der Waals surface area contributed by atoms with Gasteiger partial charge in [-0.3, -0.25) is 0 Å². The first kappa shape index (κ1) is 20.8. The molecule has 3 heteroatoms. The van der Waals surface area contributed by atoms with Crippen molar-refractivity contribution in [2.45, 2.75) is 24.9 Å². The van der Waals surface area contributed by atoms with Gasteiger partial charge in [0.1, 0.15) is 5.92 Å². The Labute approximate surface area is 211 Å². The smallest absolute Gasteiger partial charge is 0.197 e. The van der Waals surface area contributed by atoms with Gasteiger partial charge >= 0.3 is 0 Å². The van der Waals surface area contributed by atoms with E-state index >= 15 is 0 Å². The maximum atomic E-state index is 9.40. The minimum absolute atomic E-state index is 0.338. The van der Waals surface area contributed by atoms with E-state index in [-0.39, 0.29) is 0 Å². The number of nitrogens with zero attached hydrogens (tertiary/aromatic N) is 3. The Hall–Kier alpha value is -4.55. The van der Waals surface area contributed by atoms with Crippen LogP contribution in [-0.4, -0.2) is 0 Å². The fraction of sp³-hybridized carbons (Fsp3) is 0.121. The summed E-state index contributed by atoms with van der Waals surface area (Å²) >= 11 is 0. The normalized spacial score (nSPS) is 17.2. The molecular weight excluding hydrogens is 438 g/mol. The zero-order valence-electron chi connectivity index (χ0n) is 19.9. The standard InChI is InChI=1S/C33H25N3/c34-21-23-8-7-10-24(18-23)25-15-17-35-22-30-28-12-3-4-13-29(28)31-14-5-6-16-36(31)33(30)20-26-9-1-2-11-27(26)32(35)19-25/h1-19,30,33H,20,22H2/q+2. The van der Waals surface area contributed by atoms with Gasteiger partial charge in [-0.2, -0.15) is 14.4 Å². The van der Waals surface area contributed by atoms with Crippen LogP contribution >= 0.6 is 0 Å². The molecule has 0 bridgehead atoms. The lowest BCUT2D eigenvalue weighted by Gasteiger charge is -2.31. The first-order valence-electron chi connectivity index (χ1n) is 12.5. The van der Waals surface area contributed by atoms with Gasteiger partial charge in [0.05, 0.1) is 17.2 Å². The van der Waals surface area contributed by atoms with E-state index in [9.17, 15) is 5.26 Å². The lowest BCUT2D eigenvalue weighted by Crippen LogP contribution is -2.53. The quantitative estimate of drug-likeness (QED) is 0.279. The highest BCUT2D eigenvalue weighted by Gasteiger charge is 2.44. The van der Waals surface area contributed by atoms with E-state index in [1.807, 2.05) is 18.2 Å². The molecule has 2 aliphatic rings. The van der Waals surface area contributed by atoms with Gasteiger partial charge in [-0.15, -0.1) is 0 Å². The molecule has 2 aromatic heterocycles. The van der Waals surface area contributed by atoms with Crippen molar-refractivity contribution in [3.05, 3.63) is 132 Å². The number of fused-ring (bicyclic) bond motifs is 9. The maximum absolute atomic E-state index is 9.40. The summed E-state index contributed by atoms with van der Waals surface area (Å²) in [6, 6.07) is 39.3. The molecule has 0 fully saturated rings. The van der Waals surface area contributed by atoms with Crippen molar-refractivity contribution in [2.24, 2.45) is 0 Å². The van der Waals surface area contributed by atoms with Gasteiger partial charge < -0.3 is 0 Å². The lowest BCUT2D eigenvalue weighted by molar-refractivity contribution is -0.741. The summed E-state index contributed by atoms with van der Waals surface area (Å²) < 4.78 is 4.93. The number of nitriles is 1.